The van der Waals surface area contributed by atoms with Crippen molar-refractivity contribution in [2.75, 3.05) is 0 Å². The van der Waals surface area contributed by atoms with Crippen molar-refractivity contribution in [1.29, 1.82) is 0 Å². The van der Waals surface area contributed by atoms with Crippen molar-refractivity contribution in [2.24, 2.45) is 0 Å². The zero-order chi connectivity index (χ0) is 12.5. The molecule has 18 heavy (non-hydrogen) atoms. The van der Waals surface area contributed by atoms with Crippen LogP contribution in [0.25, 0.3) is 24.0 Å². The van der Waals surface area contributed by atoms with Crippen LogP contribution in [0.2, 0.25) is 0 Å². The normalized spacial score (nSPS) is 12.2. The van der Waals surface area contributed by atoms with E-state index in [1.54, 1.807) is 0 Å². The summed E-state index contributed by atoms with van der Waals surface area (Å²) in [5.74, 6) is 0. The summed E-state index contributed by atoms with van der Waals surface area (Å²) < 4.78 is 0. The first-order valence-electron chi connectivity index (χ1n) is 5.91. The van der Waals surface area contributed by atoms with Gasteiger partial charge in [0.15, 0.2) is 0 Å². The predicted molar refractivity (Wildman–Crippen MR) is 74.4 cm³/mol. The van der Waals surface area contributed by atoms with E-state index in [1.807, 2.05) is 24.4 Å². The fraction of sp³-hybridized carbons (Fsp3) is 0.0667. The van der Waals surface area contributed by atoms with E-state index in [2.05, 4.69) is 46.7 Å². The molecule has 0 aliphatic rings. The standard InChI is InChI=1S/C15H15N3/c1-10-8-11(2)17-15(10)9-12-5-6-14(18-12)13-4-3-7-16-13/h3-9,16-18H,2H2,1H3. The monoisotopic (exact) mass is 237 g/mol. The Morgan fingerprint density at radius 3 is 2.67 bits per heavy atom. The molecule has 3 rings (SSSR count). The molecule has 3 aromatic rings. The van der Waals surface area contributed by atoms with Gasteiger partial charge in [-0.2, -0.15) is 0 Å². The fourth-order valence-corrected chi connectivity index (χ4v) is 2.10. The van der Waals surface area contributed by atoms with Crippen LogP contribution in [0.4, 0.5) is 0 Å². The molecule has 3 N–H and O–H groups in total. The molecular formula is C15H15N3. The van der Waals surface area contributed by atoms with Gasteiger partial charge in [0.05, 0.1) is 11.4 Å². The summed E-state index contributed by atoms with van der Waals surface area (Å²) in [4.78, 5) is 9.80. The maximum atomic E-state index is 3.90. The van der Waals surface area contributed by atoms with E-state index in [9.17, 15) is 0 Å². The SMILES string of the molecule is C=c1cc(C)c(=Cc2ccc(-c3ccc[nH]3)[nH]2)[nH]1. The van der Waals surface area contributed by atoms with Crippen LogP contribution in [0.1, 0.15) is 11.3 Å². The highest BCUT2D eigenvalue weighted by Crippen LogP contribution is 2.16. The Bertz CT molecular complexity index is 757. The summed E-state index contributed by atoms with van der Waals surface area (Å²) in [6.45, 7) is 5.97. The molecule has 90 valence electrons. The van der Waals surface area contributed by atoms with E-state index < -0.39 is 0 Å². The maximum Gasteiger partial charge on any atom is 0.0624 e. The third-order valence-corrected chi connectivity index (χ3v) is 3.01. The molecule has 0 amide bonds. The minimum atomic E-state index is 0.940. The van der Waals surface area contributed by atoms with Crippen LogP contribution in [0.3, 0.4) is 0 Å². The number of aryl methyl sites for hydroxylation is 1. The number of hydrogen-bond acceptors (Lipinski definition) is 0. The molecule has 0 unspecified atom stereocenters. The van der Waals surface area contributed by atoms with Crippen molar-refractivity contribution in [3.05, 3.63) is 58.5 Å². The van der Waals surface area contributed by atoms with Gasteiger partial charge in [0.1, 0.15) is 0 Å². The molecule has 0 radical (unpaired) electrons. The minimum Gasteiger partial charge on any atom is -0.360 e. The molecule has 0 aliphatic carbocycles. The summed E-state index contributed by atoms with van der Waals surface area (Å²) in [5.41, 5.74) is 4.46. The Morgan fingerprint density at radius 2 is 2.00 bits per heavy atom. The molecule has 3 nitrogen and oxygen atoms in total. The summed E-state index contributed by atoms with van der Waals surface area (Å²) in [7, 11) is 0. The zero-order valence-electron chi connectivity index (χ0n) is 10.2. The van der Waals surface area contributed by atoms with E-state index in [1.165, 1.54) is 5.56 Å². The predicted octanol–water partition coefficient (Wildman–Crippen LogP) is 1.89. The second-order valence-corrected chi connectivity index (χ2v) is 4.45. The zero-order valence-corrected chi connectivity index (χ0v) is 10.2. The van der Waals surface area contributed by atoms with Crippen molar-refractivity contribution < 1.29 is 0 Å². The molecule has 0 spiro atoms. The lowest BCUT2D eigenvalue weighted by Gasteiger charge is -1.92. The third-order valence-electron chi connectivity index (χ3n) is 3.01. The molecular weight excluding hydrogens is 222 g/mol. The lowest BCUT2D eigenvalue weighted by Crippen LogP contribution is -2.09. The van der Waals surface area contributed by atoms with Crippen LogP contribution in [-0.2, 0) is 0 Å². The molecule has 3 heterocycles. The first kappa shape index (κ1) is 10.7. The molecule has 0 aromatic carbocycles. The number of nitrogens with one attached hydrogen (secondary N) is 3. The van der Waals surface area contributed by atoms with Gasteiger partial charge in [0.25, 0.3) is 0 Å². The maximum absolute atomic E-state index is 3.90. The Hall–Kier alpha value is -2.42. The van der Waals surface area contributed by atoms with Gasteiger partial charge in [0, 0.05) is 22.6 Å². The second-order valence-electron chi connectivity index (χ2n) is 4.45. The Labute approximate surface area is 105 Å². The van der Waals surface area contributed by atoms with Crippen LogP contribution in [0, 0.1) is 6.92 Å². The van der Waals surface area contributed by atoms with Gasteiger partial charge >= 0.3 is 0 Å². The van der Waals surface area contributed by atoms with Gasteiger partial charge in [-0.15, -0.1) is 0 Å². The van der Waals surface area contributed by atoms with E-state index in [4.69, 9.17) is 0 Å². The van der Waals surface area contributed by atoms with Crippen molar-refractivity contribution >= 4 is 12.7 Å². The molecule has 0 atom stereocenters. The lowest BCUT2D eigenvalue weighted by molar-refractivity contribution is 1.24. The van der Waals surface area contributed by atoms with Gasteiger partial charge in [-0.3, -0.25) is 0 Å². The van der Waals surface area contributed by atoms with E-state index in [0.29, 0.717) is 0 Å². The highest BCUT2D eigenvalue weighted by Gasteiger charge is 2.00. The van der Waals surface area contributed by atoms with E-state index >= 15 is 0 Å². The minimum absolute atomic E-state index is 0.940. The summed E-state index contributed by atoms with van der Waals surface area (Å²) in [6, 6.07) is 10.2. The molecule has 0 saturated heterocycles. The van der Waals surface area contributed by atoms with Crippen molar-refractivity contribution in [1.82, 2.24) is 15.0 Å². The quantitative estimate of drug-likeness (QED) is 0.609. The number of rotatable bonds is 2. The molecule has 0 bridgehead atoms. The van der Waals surface area contributed by atoms with Crippen molar-refractivity contribution in [3.63, 3.8) is 0 Å². The Balaban J connectivity index is 2.02. The first-order valence-corrected chi connectivity index (χ1v) is 5.91. The number of aromatic nitrogens is 3. The molecule has 3 aromatic heterocycles. The van der Waals surface area contributed by atoms with Crippen LogP contribution in [0.15, 0.2) is 36.5 Å². The molecule has 0 fully saturated rings. The van der Waals surface area contributed by atoms with Crippen LogP contribution in [-0.4, -0.2) is 15.0 Å². The molecule has 0 aliphatic heterocycles. The highest BCUT2D eigenvalue weighted by atomic mass is 14.8. The van der Waals surface area contributed by atoms with E-state index in [0.717, 1.165) is 27.8 Å². The average Bonchev–Trinajstić information content (AvgIpc) is 3.02. The highest BCUT2D eigenvalue weighted by molar-refractivity contribution is 5.59. The summed E-state index contributed by atoms with van der Waals surface area (Å²) >= 11 is 0. The fourth-order valence-electron chi connectivity index (χ4n) is 2.10. The third kappa shape index (κ3) is 1.91. The van der Waals surface area contributed by atoms with Gasteiger partial charge in [-0.1, -0.05) is 6.58 Å². The smallest absolute Gasteiger partial charge is 0.0624 e. The van der Waals surface area contributed by atoms with Gasteiger partial charge < -0.3 is 15.0 Å². The van der Waals surface area contributed by atoms with Gasteiger partial charge in [0.2, 0.25) is 0 Å². The number of aromatic amines is 3. The number of hydrogen-bond donors (Lipinski definition) is 3. The van der Waals surface area contributed by atoms with Gasteiger partial charge in [-0.25, -0.2) is 0 Å². The molecule has 3 heteroatoms. The summed E-state index contributed by atoms with van der Waals surface area (Å²) in [6.07, 6.45) is 4.01. The average molecular weight is 237 g/mol. The largest absolute Gasteiger partial charge is 0.360 e. The van der Waals surface area contributed by atoms with Gasteiger partial charge in [-0.05, 0) is 48.9 Å². The topological polar surface area (TPSA) is 47.4 Å². The van der Waals surface area contributed by atoms with Crippen LogP contribution >= 0.6 is 0 Å². The first-order chi connectivity index (χ1) is 8.72. The Morgan fingerprint density at radius 1 is 1.11 bits per heavy atom. The number of H-pyrrole nitrogens is 3. The second kappa shape index (κ2) is 4.11. The van der Waals surface area contributed by atoms with Crippen molar-refractivity contribution in [2.45, 2.75) is 6.92 Å². The van der Waals surface area contributed by atoms with Crippen LogP contribution in [0.5, 0.6) is 0 Å². The summed E-state index contributed by atoms with van der Waals surface area (Å²) in [5, 5.41) is 2.04. The van der Waals surface area contributed by atoms with Crippen LogP contribution < -0.4 is 10.7 Å². The molecule has 0 saturated carbocycles. The Kier molecular flexibility index (Phi) is 2.45. The van der Waals surface area contributed by atoms with Crippen molar-refractivity contribution in [3.8, 4) is 11.4 Å². The lowest BCUT2D eigenvalue weighted by atomic mass is 10.3. The van der Waals surface area contributed by atoms with E-state index in [-0.39, 0.29) is 0 Å².